The maximum absolute atomic E-state index is 2.51. The molecule has 0 bridgehead atoms. The highest BCUT2D eigenvalue weighted by Crippen LogP contribution is 2.39. The molecule has 0 saturated heterocycles. The fourth-order valence-corrected chi connectivity index (χ4v) is 29.6. The van der Waals surface area contributed by atoms with Gasteiger partial charge in [0.15, 0.2) is 24.8 Å². The second kappa shape index (κ2) is 37.6. The summed E-state index contributed by atoms with van der Waals surface area (Å²) in [5, 5.41) is 17.0. The van der Waals surface area contributed by atoms with Gasteiger partial charge in [-0.2, -0.15) is 0 Å². The summed E-state index contributed by atoms with van der Waals surface area (Å²) in [6, 6.07) is 115. The lowest BCUT2D eigenvalue weighted by atomic mass is 9.95. The molecular formula is C113H130N4Si4+4. The Bertz CT molecular complexity index is 6350. The van der Waals surface area contributed by atoms with Crippen LogP contribution in [0.4, 0.5) is 0 Å². The number of aryl methyl sites for hydroxylation is 8. The molecule has 4 aromatic heterocycles. The van der Waals surface area contributed by atoms with Crippen LogP contribution in [0.2, 0.25) is 74.0 Å². The Balaban J connectivity index is 0.000000139. The van der Waals surface area contributed by atoms with Gasteiger partial charge in [-0.1, -0.05) is 364 Å². The van der Waals surface area contributed by atoms with E-state index in [1.807, 2.05) is 0 Å². The second-order valence-corrected chi connectivity index (χ2v) is 57.3. The molecule has 614 valence electrons. The topological polar surface area (TPSA) is 15.5 Å². The summed E-state index contributed by atoms with van der Waals surface area (Å²) in [6.07, 6.45) is 8.86. The van der Waals surface area contributed by atoms with Gasteiger partial charge in [0.05, 0.1) is 76.1 Å². The van der Waals surface area contributed by atoms with Crippen molar-refractivity contribution in [2.24, 2.45) is 28.2 Å². The van der Waals surface area contributed by atoms with E-state index in [-0.39, 0.29) is 0 Å². The molecule has 0 radical (unpaired) electrons. The van der Waals surface area contributed by atoms with Gasteiger partial charge in [0, 0.05) is 24.3 Å². The number of fused-ring (bicyclic) bond motifs is 4. The lowest BCUT2D eigenvalue weighted by molar-refractivity contribution is -0.659. The minimum Gasteiger partial charge on any atom is -0.200 e. The van der Waals surface area contributed by atoms with Crippen LogP contribution in [0.5, 0.6) is 0 Å². The molecule has 0 aliphatic carbocycles. The van der Waals surface area contributed by atoms with E-state index in [0.717, 1.165) is 11.1 Å². The van der Waals surface area contributed by atoms with E-state index in [1.165, 1.54) is 190 Å². The third-order valence-electron chi connectivity index (χ3n) is 27.6. The lowest BCUT2D eigenvalue weighted by Gasteiger charge is -2.34. The fraction of sp³-hybridized carbons (Fsp3) is 0.257. The first-order valence-electron chi connectivity index (χ1n) is 44.4. The van der Waals surface area contributed by atoms with Gasteiger partial charge in [0.1, 0.15) is 28.2 Å². The van der Waals surface area contributed by atoms with E-state index in [0.29, 0.717) is 0 Å². The first-order chi connectivity index (χ1) is 58.1. The van der Waals surface area contributed by atoms with Gasteiger partial charge in [0.2, 0.25) is 22.8 Å². The van der Waals surface area contributed by atoms with Crippen molar-refractivity contribution in [3.05, 3.63) is 338 Å². The molecule has 4 heterocycles. The van der Waals surface area contributed by atoms with Crippen molar-refractivity contribution >= 4 is 96.1 Å². The first kappa shape index (κ1) is 87.9. The van der Waals surface area contributed by atoms with Crippen molar-refractivity contribution < 1.29 is 18.3 Å². The zero-order chi connectivity index (χ0) is 86.2. The molecular weight excluding hydrogens is 1530 g/mol. The predicted molar refractivity (Wildman–Crippen MR) is 536 cm³/mol. The third-order valence-corrected chi connectivity index (χ3v) is 46.1. The molecule has 121 heavy (non-hydrogen) atoms. The SMILES string of the molecule is CC[Si](CC)(CC)c1ccc2c(-c3cc(-c4ccccc4)ccc3C)[n+](C)ccc2c1.CC[Si](CC)(c1ccc2c(-c3cc(-c4ccccc4)ccc3C)[n+](C)ccc2c1)C(C)C.Cc1ccc(-c2ccccc2)cc1-c1c2ccc([Si](C)(C)C(C)C)cc2cc[n+]1C.Cc1ccc(-c2ccccc2)cc1-c1c2ccc([Si](C)(C)C)cc2cc[n+]1C. The molecule has 0 saturated carbocycles. The van der Waals surface area contributed by atoms with Crippen LogP contribution in [-0.4, -0.2) is 32.3 Å². The molecule has 12 aromatic carbocycles. The zero-order valence-corrected chi connectivity index (χ0v) is 80.5. The Kier molecular flexibility index (Phi) is 27.4. The quantitative estimate of drug-likeness (QED) is 0.0566. The Labute approximate surface area is 729 Å². The smallest absolute Gasteiger partial charge is 0.200 e. The monoisotopic (exact) mass is 1650 g/mol. The summed E-state index contributed by atoms with van der Waals surface area (Å²) in [5.74, 6) is 0. The molecule has 0 unspecified atom stereocenters. The van der Waals surface area contributed by atoms with Gasteiger partial charge in [-0.15, -0.1) is 0 Å². The lowest BCUT2D eigenvalue weighted by Crippen LogP contribution is -2.49. The molecule has 8 heteroatoms. The summed E-state index contributed by atoms with van der Waals surface area (Å²) >= 11 is 0. The summed E-state index contributed by atoms with van der Waals surface area (Å²) in [7, 11) is 2.97. The molecule has 16 rings (SSSR count). The molecule has 0 fully saturated rings. The maximum Gasteiger partial charge on any atom is 0.220 e. The summed E-state index contributed by atoms with van der Waals surface area (Å²) < 4.78 is 9.09. The highest BCUT2D eigenvalue weighted by Gasteiger charge is 2.36. The average Bonchev–Trinajstić information content (AvgIpc) is 0.769. The van der Waals surface area contributed by atoms with Crippen molar-refractivity contribution in [2.45, 2.75) is 164 Å². The van der Waals surface area contributed by atoms with Gasteiger partial charge >= 0.3 is 0 Å². The minimum atomic E-state index is -1.50. The maximum atomic E-state index is 2.51. The van der Waals surface area contributed by atoms with Crippen LogP contribution >= 0.6 is 0 Å². The number of benzene rings is 12. The number of hydrogen-bond acceptors (Lipinski definition) is 0. The fourth-order valence-electron chi connectivity index (χ4n) is 18.6. The van der Waals surface area contributed by atoms with Crippen LogP contribution in [0, 0.1) is 27.7 Å². The van der Waals surface area contributed by atoms with Crippen molar-refractivity contribution in [2.75, 3.05) is 0 Å². The van der Waals surface area contributed by atoms with Gasteiger partial charge < -0.3 is 0 Å². The Hall–Kier alpha value is -10.9. The van der Waals surface area contributed by atoms with E-state index in [2.05, 4.69) is 485 Å². The molecule has 0 amide bonds. The van der Waals surface area contributed by atoms with Gasteiger partial charge in [-0.05, 0) is 176 Å². The predicted octanol–water partition coefficient (Wildman–Crippen LogP) is 26.9. The van der Waals surface area contributed by atoms with Crippen LogP contribution in [0.15, 0.2) is 316 Å². The normalized spacial score (nSPS) is 11.9. The summed E-state index contributed by atoms with van der Waals surface area (Å²) in [6.45, 7) is 42.6. The van der Waals surface area contributed by atoms with Crippen molar-refractivity contribution in [1.29, 1.82) is 0 Å². The molecule has 16 aromatic rings. The van der Waals surface area contributed by atoms with E-state index >= 15 is 0 Å². The van der Waals surface area contributed by atoms with Crippen LogP contribution in [0.1, 0.15) is 84.6 Å². The summed E-state index contributed by atoms with van der Waals surface area (Å²) in [4.78, 5) is 0. The Morgan fingerprint density at radius 1 is 0.248 bits per heavy atom. The van der Waals surface area contributed by atoms with Crippen molar-refractivity contribution in [1.82, 2.24) is 0 Å². The molecule has 0 N–H and O–H groups in total. The van der Waals surface area contributed by atoms with Gasteiger partial charge in [0.25, 0.3) is 0 Å². The minimum absolute atomic E-state index is 0.721. The van der Waals surface area contributed by atoms with E-state index in [4.69, 9.17) is 0 Å². The Morgan fingerprint density at radius 2 is 0.504 bits per heavy atom. The number of nitrogens with zero attached hydrogens (tertiary/aromatic N) is 4. The molecule has 0 aliphatic heterocycles. The number of hydrogen-bond donors (Lipinski definition) is 0. The highest BCUT2D eigenvalue weighted by atomic mass is 28.3. The van der Waals surface area contributed by atoms with Crippen LogP contribution in [-0.2, 0) is 28.2 Å². The van der Waals surface area contributed by atoms with Gasteiger partial charge in [-0.3, -0.25) is 0 Å². The Morgan fingerprint density at radius 3 is 0.769 bits per heavy atom. The van der Waals surface area contributed by atoms with Crippen molar-refractivity contribution in [3.63, 3.8) is 0 Å². The third kappa shape index (κ3) is 18.5. The molecule has 0 atom stereocenters. The zero-order valence-electron chi connectivity index (χ0n) is 76.5. The first-order valence-corrected chi connectivity index (χ1v) is 56.1. The second-order valence-electron chi connectivity index (χ2n) is 36.4. The van der Waals surface area contributed by atoms with E-state index < -0.39 is 32.3 Å². The number of rotatable bonds is 19. The number of aromatic nitrogens is 4. The van der Waals surface area contributed by atoms with Crippen LogP contribution < -0.4 is 39.0 Å². The standard InChI is InChI=1S/C30H36NSi.C29H34NSi.C28H32NSi.C26H28NSi/c1-7-32(8-2,22(3)4)27-16-17-28-26(20-27)18-19-31(6)30(28)29-21-25(15-14-23(29)5)24-12-10-9-11-13-24;1-6-31(7-2,8-3)26-16-17-27-25(20-26)18-19-30(5)29(27)28-21-24(15-14-22(28)4)23-12-10-9-11-13-23;1-20(2)30(5,6)25-14-15-26-24(18-25)16-17-29(4)28(26)27-19-23(13-12-21(27)3)22-10-8-7-9-11-22;1-19-11-12-21(20-9-7-6-8-10-20)18-25(19)26-24-14-13-23(28(3,4)5)17-22(24)15-16-27(26)2/h9-22H,7-8H2,1-6H3;9-21H,6-8H2,1-5H3;7-20H,1-6H3;6-18H,1-5H3/q4*+1. The van der Waals surface area contributed by atoms with E-state index in [9.17, 15) is 0 Å². The average molecular weight is 1660 g/mol. The van der Waals surface area contributed by atoms with Crippen LogP contribution in [0.3, 0.4) is 0 Å². The highest BCUT2D eigenvalue weighted by molar-refractivity contribution is 6.93. The largest absolute Gasteiger partial charge is 0.220 e. The molecule has 4 nitrogen and oxygen atoms in total. The van der Waals surface area contributed by atoms with Gasteiger partial charge in [-0.25, -0.2) is 18.3 Å². The summed E-state index contributed by atoms with van der Waals surface area (Å²) in [5.41, 5.74) is 27.2. The number of pyridine rings is 4. The van der Waals surface area contributed by atoms with E-state index in [1.54, 1.807) is 15.6 Å². The van der Waals surface area contributed by atoms with Crippen LogP contribution in [0.25, 0.3) is 133 Å². The molecule has 0 aliphatic rings. The molecule has 0 spiro atoms. The van der Waals surface area contributed by atoms with Crippen molar-refractivity contribution in [3.8, 4) is 89.5 Å².